The summed E-state index contributed by atoms with van der Waals surface area (Å²) in [5, 5.41) is 0. The first kappa shape index (κ1) is 10.3. The maximum atomic E-state index is 11.1. The molecule has 1 aliphatic heterocycles. The number of rotatable bonds is 4. The number of alkyl halides is 2. The van der Waals surface area contributed by atoms with Crippen molar-refractivity contribution < 1.29 is 4.79 Å². The van der Waals surface area contributed by atoms with Gasteiger partial charge >= 0.3 is 0 Å². The van der Waals surface area contributed by atoms with Crippen molar-refractivity contribution in [3.8, 4) is 0 Å². The SMILES string of the molecule is O=C1CCCN1CC[SiH2]C(Cl)Cl. The number of amides is 1. The highest BCUT2D eigenvalue weighted by Gasteiger charge is 2.19. The van der Waals surface area contributed by atoms with Gasteiger partial charge in [-0.25, -0.2) is 0 Å². The van der Waals surface area contributed by atoms with Crippen LogP contribution in [0.15, 0.2) is 0 Å². The maximum Gasteiger partial charge on any atom is 0.222 e. The first-order chi connectivity index (χ1) is 5.70. The van der Waals surface area contributed by atoms with Crippen LogP contribution in [0, 0.1) is 0 Å². The molecule has 5 heteroatoms. The van der Waals surface area contributed by atoms with Gasteiger partial charge in [-0.15, -0.1) is 23.2 Å². The topological polar surface area (TPSA) is 20.3 Å². The molecule has 0 aliphatic carbocycles. The lowest BCUT2D eigenvalue weighted by Gasteiger charge is -2.14. The molecule has 0 aromatic carbocycles. The largest absolute Gasteiger partial charge is 0.343 e. The van der Waals surface area contributed by atoms with E-state index < -0.39 is 0 Å². The molecule has 0 atom stereocenters. The zero-order valence-corrected chi connectivity index (χ0v) is 9.86. The Morgan fingerprint density at radius 1 is 1.58 bits per heavy atom. The lowest BCUT2D eigenvalue weighted by atomic mass is 10.4. The summed E-state index contributed by atoms with van der Waals surface area (Å²) in [5.74, 6) is 0.296. The maximum absolute atomic E-state index is 11.1. The van der Waals surface area contributed by atoms with E-state index in [0.717, 1.165) is 32.0 Å². The van der Waals surface area contributed by atoms with Gasteiger partial charge < -0.3 is 4.90 Å². The summed E-state index contributed by atoms with van der Waals surface area (Å²) in [6, 6.07) is 1.05. The van der Waals surface area contributed by atoms with Crippen LogP contribution < -0.4 is 0 Å². The van der Waals surface area contributed by atoms with E-state index >= 15 is 0 Å². The first-order valence-corrected chi connectivity index (χ1v) is 6.95. The smallest absolute Gasteiger partial charge is 0.222 e. The molecule has 0 N–H and O–H groups in total. The van der Waals surface area contributed by atoms with Crippen molar-refractivity contribution in [3.63, 3.8) is 0 Å². The first-order valence-electron chi connectivity index (χ1n) is 4.26. The highest BCUT2D eigenvalue weighted by Crippen LogP contribution is 2.10. The summed E-state index contributed by atoms with van der Waals surface area (Å²) in [5.41, 5.74) is 0. The molecule has 1 saturated heterocycles. The van der Waals surface area contributed by atoms with Gasteiger partial charge in [0.2, 0.25) is 5.91 Å². The predicted molar refractivity (Wildman–Crippen MR) is 54.7 cm³/mol. The number of halogens is 2. The average molecular weight is 226 g/mol. The van der Waals surface area contributed by atoms with Crippen LogP contribution in [-0.4, -0.2) is 37.9 Å². The van der Waals surface area contributed by atoms with Crippen molar-refractivity contribution >= 4 is 38.6 Å². The van der Waals surface area contributed by atoms with Crippen LogP contribution in [0.1, 0.15) is 12.8 Å². The molecule has 0 radical (unpaired) electrons. The Kier molecular flexibility index (Phi) is 4.39. The fourth-order valence-corrected chi connectivity index (χ4v) is 3.18. The summed E-state index contributed by atoms with van der Waals surface area (Å²) in [6.45, 7) is 1.81. The Bertz CT molecular complexity index is 165. The number of carbonyl (C=O) groups is 1. The Morgan fingerprint density at radius 3 is 2.83 bits per heavy atom. The van der Waals surface area contributed by atoms with Crippen molar-refractivity contribution in [2.75, 3.05) is 13.1 Å². The van der Waals surface area contributed by atoms with E-state index in [1.165, 1.54) is 0 Å². The van der Waals surface area contributed by atoms with E-state index in [2.05, 4.69) is 0 Å². The number of hydrogen-bond acceptors (Lipinski definition) is 1. The number of carbonyl (C=O) groups excluding carboxylic acids is 1. The zero-order valence-electron chi connectivity index (χ0n) is 6.93. The van der Waals surface area contributed by atoms with E-state index in [0.29, 0.717) is 5.91 Å². The summed E-state index contributed by atoms with van der Waals surface area (Å²) >= 11 is 11.2. The number of likely N-dealkylation sites (tertiary alicyclic amines) is 1. The minimum atomic E-state index is -0.373. The summed E-state index contributed by atoms with van der Waals surface area (Å²) < 4.78 is -0.150. The highest BCUT2D eigenvalue weighted by molar-refractivity contribution is 6.68. The third-order valence-electron chi connectivity index (χ3n) is 2.02. The summed E-state index contributed by atoms with van der Waals surface area (Å²) in [4.78, 5) is 13.0. The second-order valence-corrected chi connectivity index (χ2v) is 7.43. The standard InChI is InChI=1S/C7H13Cl2NOSi/c8-7(9)12-5-4-10-3-1-2-6(10)11/h7H,1-5,12H2. The van der Waals surface area contributed by atoms with Gasteiger partial charge in [-0.3, -0.25) is 4.79 Å². The van der Waals surface area contributed by atoms with Crippen LogP contribution in [0.3, 0.4) is 0 Å². The molecule has 0 saturated carbocycles. The molecule has 0 bridgehead atoms. The van der Waals surface area contributed by atoms with E-state index in [1.807, 2.05) is 4.90 Å². The monoisotopic (exact) mass is 225 g/mol. The zero-order chi connectivity index (χ0) is 8.97. The fraction of sp³-hybridized carbons (Fsp3) is 0.857. The number of nitrogens with zero attached hydrogens (tertiary/aromatic N) is 1. The van der Waals surface area contributed by atoms with E-state index in [-0.39, 0.29) is 14.0 Å². The lowest BCUT2D eigenvalue weighted by molar-refractivity contribution is -0.127. The van der Waals surface area contributed by atoms with Crippen LogP contribution in [0.25, 0.3) is 0 Å². The molecule has 1 fully saturated rings. The molecule has 12 heavy (non-hydrogen) atoms. The molecule has 0 aromatic rings. The van der Waals surface area contributed by atoms with Gasteiger partial charge in [-0.2, -0.15) is 0 Å². The van der Waals surface area contributed by atoms with Gasteiger partial charge in [-0.05, 0) is 12.5 Å². The Morgan fingerprint density at radius 2 is 2.33 bits per heavy atom. The molecule has 1 heterocycles. The van der Waals surface area contributed by atoms with Crippen molar-refractivity contribution in [1.29, 1.82) is 0 Å². The van der Waals surface area contributed by atoms with Crippen molar-refractivity contribution in [1.82, 2.24) is 4.90 Å². The van der Waals surface area contributed by atoms with E-state index in [1.54, 1.807) is 0 Å². The quantitative estimate of drug-likeness (QED) is 0.516. The molecule has 0 spiro atoms. The molecular weight excluding hydrogens is 213 g/mol. The minimum absolute atomic E-state index is 0.150. The molecule has 0 unspecified atom stereocenters. The van der Waals surface area contributed by atoms with Crippen LogP contribution in [0.2, 0.25) is 6.04 Å². The van der Waals surface area contributed by atoms with Crippen molar-refractivity contribution in [2.45, 2.75) is 23.3 Å². The normalized spacial score (nSPS) is 18.9. The molecular formula is C7H13Cl2NOSi. The molecule has 1 rings (SSSR count). The van der Waals surface area contributed by atoms with Crippen LogP contribution in [-0.2, 0) is 4.79 Å². The highest BCUT2D eigenvalue weighted by atomic mass is 35.5. The Hall–Kier alpha value is 0.267. The van der Waals surface area contributed by atoms with Gasteiger partial charge in [0.05, 0.1) is 14.0 Å². The van der Waals surface area contributed by atoms with Gasteiger partial charge in [0, 0.05) is 19.5 Å². The molecule has 1 amide bonds. The van der Waals surface area contributed by atoms with E-state index in [4.69, 9.17) is 23.2 Å². The third-order valence-corrected chi connectivity index (χ3v) is 4.49. The predicted octanol–water partition coefficient (Wildman–Crippen LogP) is 0.957. The van der Waals surface area contributed by atoms with Gasteiger partial charge in [-0.1, -0.05) is 0 Å². The van der Waals surface area contributed by atoms with Gasteiger partial charge in [0.15, 0.2) is 0 Å². The second-order valence-electron chi connectivity index (χ2n) is 3.02. The lowest BCUT2D eigenvalue weighted by Crippen LogP contribution is -2.26. The summed E-state index contributed by atoms with van der Waals surface area (Å²) in [6.07, 6.45) is 1.75. The molecule has 0 aromatic heterocycles. The average Bonchev–Trinajstić information content (AvgIpc) is 2.36. The van der Waals surface area contributed by atoms with Crippen LogP contribution in [0.5, 0.6) is 0 Å². The minimum Gasteiger partial charge on any atom is -0.343 e. The Balaban J connectivity index is 2.10. The van der Waals surface area contributed by atoms with Crippen molar-refractivity contribution in [3.05, 3.63) is 0 Å². The molecule has 2 nitrogen and oxygen atoms in total. The summed E-state index contributed by atoms with van der Waals surface area (Å²) in [7, 11) is -0.373. The number of hydrogen-bond donors (Lipinski definition) is 0. The second kappa shape index (κ2) is 5.10. The third kappa shape index (κ3) is 3.33. The van der Waals surface area contributed by atoms with Gasteiger partial charge in [0.1, 0.15) is 0 Å². The van der Waals surface area contributed by atoms with Crippen molar-refractivity contribution in [2.24, 2.45) is 0 Å². The van der Waals surface area contributed by atoms with Crippen LogP contribution in [0.4, 0.5) is 0 Å². The Labute approximate surface area is 85.0 Å². The molecule has 70 valence electrons. The van der Waals surface area contributed by atoms with E-state index in [9.17, 15) is 4.79 Å². The van der Waals surface area contributed by atoms with Gasteiger partial charge in [0.25, 0.3) is 0 Å². The molecule has 1 aliphatic rings. The fourth-order valence-electron chi connectivity index (χ4n) is 1.38. The van der Waals surface area contributed by atoms with Crippen LogP contribution >= 0.6 is 23.2 Å².